The summed E-state index contributed by atoms with van der Waals surface area (Å²) in [4.78, 5) is 39.0. The number of nitrogens with one attached hydrogen (secondary N) is 1. The van der Waals surface area contributed by atoms with Gasteiger partial charge in [-0.15, -0.1) is 11.3 Å². The average Bonchev–Trinajstić information content (AvgIpc) is 3.27. The lowest BCUT2D eigenvalue weighted by atomic mass is 9.48. The highest BCUT2D eigenvalue weighted by molar-refractivity contribution is 7.12. The third kappa shape index (κ3) is 3.93. The molecular weight excluding hydrogens is 410 g/mol. The summed E-state index contributed by atoms with van der Waals surface area (Å²) in [7, 11) is 0. The number of hydrogen-bond acceptors (Lipinski definition) is 5. The number of thiophene rings is 1. The summed E-state index contributed by atoms with van der Waals surface area (Å²) in [6.07, 6.45) is 5.94. The van der Waals surface area contributed by atoms with Gasteiger partial charge in [-0.1, -0.05) is 12.1 Å². The summed E-state index contributed by atoms with van der Waals surface area (Å²) in [5.41, 5.74) is 0.562. The van der Waals surface area contributed by atoms with Gasteiger partial charge in [-0.2, -0.15) is 0 Å². The zero-order valence-corrected chi connectivity index (χ0v) is 18.5. The number of Topliss-reactive ketones (excluding diaryl/α,β-unsaturated/α-hetero) is 1. The van der Waals surface area contributed by atoms with Crippen molar-refractivity contribution in [2.45, 2.75) is 51.6 Å². The number of hydrogen-bond donors (Lipinski definition) is 1. The van der Waals surface area contributed by atoms with E-state index in [-0.39, 0.29) is 17.1 Å². The maximum absolute atomic E-state index is 13.4. The molecule has 4 bridgehead atoms. The van der Waals surface area contributed by atoms with Crippen LogP contribution < -0.4 is 5.32 Å². The summed E-state index contributed by atoms with van der Waals surface area (Å²) < 4.78 is 5.62. The molecule has 1 N–H and O–H groups in total. The molecule has 2 aromatic rings. The van der Waals surface area contributed by atoms with E-state index in [0.717, 1.165) is 19.3 Å². The second-order valence-electron chi connectivity index (χ2n) is 9.62. The topological polar surface area (TPSA) is 72.5 Å². The van der Waals surface area contributed by atoms with E-state index >= 15 is 0 Å². The van der Waals surface area contributed by atoms with Gasteiger partial charge >= 0.3 is 5.97 Å². The van der Waals surface area contributed by atoms with Crippen molar-refractivity contribution in [1.29, 1.82) is 0 Å². The predicted octanol–water partition coefficient (Wildman–Crippen LogP) is 5.33. The van der Waals surface area contributed by atoms with Crippen molar-refractivity contribution < 1.29 is 19.1 Å². The third-order valence-corrected chi connectivity index (χ3v) is 8.18. The third-order valence-electron chi connectivity index (χ3n) is 7.32. The summed E-state index contributed by atoms with van der Waals surface area (Å²) in [5, 5.41) is 4.64. The fraction of sp³-hybridized carbons (Fsp3) is 0.480. The van der Waals surface area contributed by atoms with Gasteiger partial charge in [0.2, 0.25) is 0 Å². The van der Waals surface area contributed by atoms with Crippen LogP contribution in [0.25, 0.3) is 0 Å². The second-order valence-corrected chi connectivity index (χ2v) is 10.6. The Hall–Kier alpha value is -2.47. The molecule has 5 nitrogen and oxygen atoms in total. The second kappa shape index (κ2) is 7.90. The number of anilines is 1. The normalized spacial score (nSPS) is 29.4. The van der Waals surface area contributed by atoms with Gasteiger partial charge in [0, 0.05) is 11.1 Å². The number of rotatable bonds is 6. The van der Waals surface area contributed by atoms with Crippen LogP contribution in [-0.4, -0.2) is 23.8 Å². The van der Waals surface area contributed by atoms with Crippen LogP contribution in [0.5, 0.6) is 0 Å². The van der Waals surface area contributed by atoms with E-state index in [9.17, 15) is 14.4 Å². The van der Waals surface area contributed by atoms with Crippen LogP contribution in [0.1, 0.15) is 65.5 Å². The highest BCUT2D eigenvalue weighted by Gasteiger charge is 2.55. The largest absolute Gasteiger partial charge is 0.451 e. The Morgan fingerprint density at radius 3 is 2.32 bits per heavy atom. The molecule has 4 saturated carbocycles. The smallest absolute Gasteiger partial charge is 0.338 e. The Morgan fingerprint density at radius 2 is 1.71 bits per heavy atom. The van der Waals surface area contributed by atoms with E-state index in [1.165, 1.54) is 30.6 Å². The number of amides is 1. The first kappa shape index (κ1) is 20.4. The average molecular weight is 438 g/mol. The van der Waals surface area contributed by atoms with Crippen molar-refractivity contribution in [3.63, 3.8) is 0 Å². The molecule has 1 unspecified atom stereocenters. The highest BCUT2D eigenvalue weighted by atomic mass is 32.1. The molecule has 31 heavy (non-hydrogen) atoms. The van der Waals surface area contributed by atoms with Gasteiger partial charge in [0.25, 0.3) is 5.91 Å². The van der Waals surface area contributed by atoms with Gasteiger partial charge in [0.05, 0.1) is 10.4 Å². The molecular formula is C25H27NO4S. The lowest BCUT2D eigenvalue weighted by Gasteiger charge is -2.56. The van der Waals surface area contributed by atoms with Crippen molar-refractivity contribution >= 4 is 34.7 Å². The van der Waals surface area contributed by atoms with E-state index in [4.69, 9.17) is 4.74 Å². The SMILES string of the molecule is CC(OC(=O)c1cccc(NC(=O)c2cccs2)c1)C(=O)C12CC3CC(CC(C3)C1)C2. The summed E-state index contributed by atoms with van der Waals surface area (Å²) >= 11 is 1.35. The molecule has 1 heterocycles. The maximum Gasteiger partial charge on any atom is 0.338 e. The molecule has 0 aliphatic heterocycles. The fourth-order valence-electron chi connectivity index (χ4n) is 6.45. The Labute approximate surface area is 186 Å². The summed E-state index contributed by atoms with van der Waals surface area (Å²) in [5.74, 6) is 1.36. The lowest BCUT2D eigenvalue weighted by molar-refractivity contribution is -0.152. The van der Waals surface area contributed by atoms with Crippen molar-refractivity contribution in [3.8, 4) is 0 Å². The molecule has 4 fully saturated rings. The van der Waals surface area contributed by atoms with Gasteiger partial charge < -0.3 is 10.1 Å². The molecule has 0 spiro atoms. The van der Waals surface area contributed by atoms with Gasteiger partial charge in [-0.05, 0) is 92.8 Å². The number of carbonyl (C=O) groups is 3. The Bertz CT molecular complexity index is 977. The lowest BCUT2D eigenvalue weighted by Crippen LogP contribution is -2.52. The molecule has 4 aliphatic carbocycles. The first-order valence-electron chi connectivity index (χ1n) is 11.1. The molecule has 1 amide bonds. The van der Waals surface area contributed by atoms with Gasteiger partial charge in [0.15, 0.2) is 11.9 Å². The quantitative estimate of drug-likeness (QED) is 0.620. The van der Waals surface area contributed by atoms with Gasteiger partial charge in [-0.25, -0.2) is 4.79 Å². The van der Waals surface area contributed by atoms with Crippen LogP contribution in [0.4, 0.5) is 5.69 Å². The van der Waals surface area contributed by atoms with Crippen LogP contribution >= 0.6 is 11.3 Å². The molecule has 6 heteroatoms. The minimum Gasteiger partial charge on any atom is -0.451 e. The van der Waals surface area contributed by atoms with E-state index in [2.05, 4.69) is 5.32 Å². The maximum atomic E-state index is 13.4. The highest BCUT2D eigenvalue weighted by Crippen LogP contribution is 2.60. The van der Waals surface area contributed by atoms with Gasteiger partial charge in [0.1, 0.15) is 0 Å². The molecule has 1 aromatic heterocycles. The molecule has 0 radical (unpaired) electrons. The van der Waals surface area contributed by atoms with Gasteiger partial charge in [-0.3, -0.25) is 9.59 Å². The van der Waals surface area contributed by atoms with Crippen LogP contribution in [0.3, 0.4) is 0 Å². The number of ketones is 1. The van der Waals surface area contributed by atoms with Crippen LogP contribution in [-0.2, 0) is 9.53 Å². The standard InChI is InChI=1S/C25H27NO4S/c1-15(22(27)25-12-16-8-17(13-25)10-18(9-16)14-25)30-24(29)19-4-2-5-20(11-19)26-23(28)21-6-3-7-31-21/h2-7,11,15-18H,8-10,12-14H2,1H3,(H,26,28). The molecule has 6 rings (SSSR count). The van der Waals surface area contributed by atoms with Crippen molar-refractivity contribution in [2.24, 2.45) is 23.2 Å². The molecule has 162 valence electrons. The minimum atomic E-state index is -0.756. The van der Waals surface area contributed by atoms with Crippen molar-refractivity contribution in [3.05, 3.63) is 52.2 Å². The molecule has 0 saturated heterocycles. The Kier molecular flexibility index (Phi) is 5.21. The molecule has 4 aliphatic rings. The Morgan fingerprint density at radius 1 is 1.03 bits per heavy atom. The number of ether oxygens (including phenoxy) is 1. The zero-order chi connectivity index (χ0) is 21.6. The van der Waals surface area contributed by atoms with E-state index in [0.29, 0.717) is 33.9 Å². The zero-order valence-electron chi connectivity index (χ0n) is 17.6. The van der Waals surface area contributed by atoms with E-state index < -0.39 is 12.1 Å². The summed E-state index contributed by atoms with van der Waals surface area (Å²) in [6, 6.07) is 10.2. The molecule has 1 atom stereocenters. The fourth-order valence-corrected chi connectivity index (χ4v) is 7.07. The number of benzene rings is 1. The van der Waals surface area contributed by atoms with E-state index in [1.54, 1.807) is 37.3 Å². The first-order valence-corrected chi connectivity index (χ1v) is 12.0. The number of carbonyl (C=O) groups excluding carboxylic acids is 3. The Balaban J connectivity index is 1.25. The van der Waals surface area contributed by atoms with Crippen LogP contribution in [0.15, 0.2) is 41.8 Å². The number of esters is 1. The van der Waals surface area contributed by atoms with Crippen molar-refractivity contribution in [1.82, 2.24) is 0 Å². The van der Waals surface area contributed by atoms with Crippen LogP contribution in [0.2, 0.25) is 0 Å². The van der Waals surface area contributed by atoms with E-state index in [1.807, 2.05) is 11.4 Å². The molecule has 1 aromatic carbocycles. The first-order chi connectivity index (χ1) is 14.9. The van der Waals surface area contributed by atoms with Crippen LogP contribution in [0, 0.1) is 23.2 Å². The predicted molar refractivity (Wildman–Crippen MR) is 119 cm³/mol. The monoisotopic (exact) mass is 437 g/mol. The minimum absolute atomic E-state index is 0.0992. The summed E-state index contributed by atoms with van der Waals surface area (Å²) in [6.45, 7) is 1.71. The van der Waals surface area contributed by atoms with Crippen molar-refractivity contribution in [2.75, 3.05) is 5.32 Å².